The minimum Gasteiger partial charge on any atom is -0.382 e. The van der Waals surface area contributed by atoms with E-state index in [-0.39, 0.29) is 0 Å². The Morgan fingerprint density at radius 1 is 1.12 bits per heavy atom. The predicted molar refractivity (Wildman–Crippen MR) is 71.8 cm³/mol. The Labute approximate surface area is 110 Å². The molecule has 1 saturated carbocycles. The van der Waals surface area contributed by atoms with Gasteiger partial charge in [-0.3, -0.25) is 0 Å². The van der Waals surface area contributed by atoms with Crippen LogP contribution in [0.1, 0.15) is 32.1 Å². The minimum absolute atomic E-state index is 0.340. The van der Waals surface area contributed by atoms with Crippen molar-refractivity contribution in [2.45, 2.75) is 32.1 Å². The highest BCUT2D eigenvalue weighted by Crippen LogP contribution is 2.36. The maximum atomic E-state index is 6.13. The van der Waals surface area contributed by atoms with E-state index in [0.717, 1.165) is 25.6 Å². The van der Waals surface area contributed by atoms with Gasteiger partial charge >= 0.3 is 0 Å². The third-order valence-electron chi connectivity index (χ3n) is 3.55. The molecule has 1 rings (SSSR count). The largest absolute Gasteiger partial charge is 0.382 e. The molecule has 0 aliphatic heterocycles. The van der Waals surface area contributed by atoms with E-state index in [0.29, 0.717) is 18.6 Å². The Morgan fingerprint density at radius 3 is 2.53 bits per heavy atom. The van der Waals surface area contributed by atoms with Crippen molar-refractivity contribution in [1.82, 2.24) is 5.32 Å². The molecule has 0 heterocycles. The summed E-state index contributed by atoms with van der Waals surface area (Å²) in [5.41, 5.74) is 0.340. The van der Waals surface area contributed by atoms with Gasteiger partial charge in [0.15, 0.2) is 0 Å². The second-order valence-electron chi connectivity index (χ2n) is 4.98. The van der Waals surface area contributed by atoms with Crippen molar-refractivity contribution in [3.8, 4) is 0 Å². The summed E-state index contributed by atoms with van der Waals surface area (Å²) in [6.07, 6.45) is 6.58. The van der Waals surface area contributed by atoms with Crippen molar-refractivity contribution >= 4 is 11.6 Å². The Hall–Kier alpha value is 0.170. The van der Waals surface area contributed by atoms with Crippen LogP contribution in [-0.2, 0) is 9.47 Å². The van der Waals surface area contributed by atoms with Gasteiger partial charge in [-0.15, -0.1) is 11.6 Å². The Bertz CT molecular complexity index is 184. The first-order valence-corrected chi connectivity index (χ1v) is 7.20. The smallest absolute Gasteiger partial charge is 0.0700 e. The summed E-state index contributed by atoms with van der Waals surface area (Å²) in [7, 11) is 1.69. The maximum absolute atomic E-state index is 6.13. The molecule has 0 radical (unpaired) electrons. The van der Waals surface area contributed by atoms with Crippen LogP contribution >= 0.6 is 11.6 Å². The minimum atomic E-state index is 0.340. The molecule has 0 amide bonds. The van der Waals surface area contributed by atoms with Gasteiger partial charge in [0.25, 0.3) is 0 Å². The van der Waals surface area contributed by atoms with Crippen molar-refractivity contribution in [2.24, 2.45) is 5.41 Å². The molecule has 1 fully saturated rings. The third-order valence-corrected chi connectivity index (χ3v) is 4.12. The van der Waals surface area contributed by atoms with E-state index in [1.165, 1.54) is 32.1 Å². The number of nitrogens with one attached hydrogen (secondary N) is 1. The summed E-state index contributed by atoms with van der Waals surface area (Å²) in [5, 5.41) is 3.47. The topological polar surface area (TPSA) is 30.5 Å². The van der Waals surface area contributed by atoms with Crippen LogP contribution in [0.2, 0.25) is 0 Å². The highest BCUT2D eigenvalue weighted by atomic mass is 35.5. The van der Waals surface area contributed by atoms with Gasteiger partial charge in [-0.1, -0.05) is 19.3 Å². The highest BCUT2D eigenvalue weighted by molar-refractivity contribution is 6.18. The predicted octanol–water partition coefficient (Wildman–Crippen LogP) is 2.43. The first-order chi connectivity index (χ1) is 8.33. The van der Waals surface area contributed by atoms with Crippen molar-refractivity contribution < 1.29 is 9.47 Å². The normalized spacial score (nSPS) is 19.4. The quantitative estimate of drug-likeness (QED) is 0.512. The van der Waals surface area contributed by atoms with Gasteiger partial charge in [0.05, 0.1) is 19.8 Å². The summed E-state index contributed by atoms with van der Waals surface area (Å²) in [5.74, 6) is 0.782. The van der Waals surface area contributed by atoms with Crippen molar-refractivity contribution in [2.75, 3.05) is 45.9 Å². The molecular formula is C13H26ClNO2. The van der Waals surface area contributed by atoms with Crippen molar-refractivity contribution in [3.05, 3.63) is 0 Å². The second kappa shape index (κ2) is 9.15. The van der Waals surface area contributed by atoms with E-state index in [2.05, 4.69) is 5.32 Å². The molecule has 0 unspecified atom stereocenters. The van der Waals surface area contributed by atoms with E-state index < -0.39 is 0 Å². The highest BCUT2D eigenvalue weighted by Gasteiger charge is 2.30. The number of rotatable bonds is 9. The lowest BCUT2D eigenvalue weighted by Gasteiger charge is -2.35. The van der Waals surface area contributed by atoms with Crippen LogP contribution in [0.3, 0.4) is 0 Å². The molecule has 17 heavy (non-hydrogen) atoms. The molecule has 102 valence electrons. The van der Waals surface area contributed by atoms with E-state index in [1.54, 1.807) is 7.11 Å². The van der Waals surface area contributed by atoms with E-state index >= 15 is 0 Å². The Balaban J connectivity index is 2.03. The molecule has 0 saturated heterocycles. The monoisotopic (exact) mass is 263 g/mol. The molecule has 0 aromatic heterocycles. The lowest BCUT2D eigenvalue weighted by atomic mass is 9.75. The number of methoxy groups -OCH3 is 1. The van der Waals surface area contributed by atoms with Gasteiger partial charge in [-0.2, -0.15) is 0 Å². The number of hydrogen-bond donors (Lipinski definition) is 1. The molecule has 3 nitrogen and oxygen atoms in total. The molecule has 0 aromatic rings. The van der Waals surface area contributed by atoms with E-state index in [9.17, 15) is 0 Å². The molecule has 0 bridgehead atoms. The molecule has 1 aliphatic carbocycles. The average Bonchev–Trinajstić information content (AvgIpc) is 2.39. The van der Waals surface area contributed by atoms with Crippen LogP contribution in [0.4, 0.5) is 0 Å². The third kappa shape index (κ3) is 6.05. The van der Waals surface area contributed by atoms with Crippen LogP contribution < -0.4 is 5.32 Å². The zero-order valence-electron chi connectivity index (χ0n) is 11.0. The van der Waals surface area contributed by atoms with E-state index in [4.69, 9.17) is 21.1 Å². The van der Waals surface area contributed by atoms with Gasteiger partial charge in [0.1, 0.15) is 0 Å². The standard InChI is InChI=1S/C13H26ClNO2/c1-16-9-10-17-8-7-15-12-13(11-14)5-3-2-4-6-13/h15H,2-12H2,1H3. The molecular weight excluding hydrogens is 238 g/mol. The molecule has 1 aliphatic rings. The van der Waals surface area contributed by atoms with Gasteiger partial charge in [0.2, 0.25) is 0 Å². The lowest BCUT2D eigenvalue weighted by molar-refractivity contribution is 0.0704. The molecule has 1 N–H and O–H groups in total. The number of alkyl halides is 1. The van der Waals surface area contributed by atoms with Gasteiger partial charge in [-0.25, -0.2) is 0 Å². The fourth-order valence-electron chi connectivity index (χ4n) is 2.40. The fourth-order valence-corrected chi connectivity index (χ4v) is 2.76. The van der Waals surface area contributed by atoms with Gasteiger partial charge in [0, 0.05) is 26.1 Å². The van der Waals surface area contributed by atoms with Gasteiger partial charge < -0.3 is 14.8 Å². The maximum Gasteiger partial charge on any atom is 0.0700 e. The first kappa shape index (κ1) is 15.2. The van der Waals surface area contributed by atoms with Gasteiger partial charge in [-0.05, 0) is 18.3 Å². The number of halogens is 1. The first-order valence-electron chi connectivity index (χ1n) is 6.66. The molecule has 0 spiro atoms. The van der Waals surface area contributed by atoms with Crippen molar-refractivity contribution in [1.29, 1.82) is 0 Å². The van der Waals surface area contributed by atoms with E-state index in [1.807, 2.05) is 0 Å². The van der Waals surface area contributed by atoms with Crippen LogP contribution in [0.25, 0.3) is 0 Å². The Kier molecular flexibility index (Phi) is 8.19. The molecule has 0 aromatic carbocycles. The summed E-state index contributed by atoms with van der Waals surface area (Å²) >= 11 is 6.13. The van der Waals surface area contributed by atoms with Crippen LogP contribution in [0, 0.1) is 5.41 Å². The number of hydrogen-bond acceptors (Lipinski definition) is 3. The SMILES string of the molecule is COCCOCCNCC1(CCl)CCCCC1. The second-order valence-corrected chi connectivity index (χ2v) is 5.24. The number of ether oxygens (including phenoxy) is 2. The molecule has 0 atom stereocenters. The zero-order valence-corrected chi connectivity index (χ0v) is 11.7. The Morgan fingerprint density at radius 2 is 1.88 bits per heavy atom. The summed E-state index contributed by atoms with van der Waals surface area (Å²) in [6, 6.07) is 0. The fraction of sp³-hybridized carbons (Fsp3) is 1.00. The summed E-state index contributed by atoms with van der Waals surface area (Å²) in [6.45, 7) is 4.04. The van der Waals surface area contributed by atoms with Crippen molar-refractivity contribution in [3.63, 3.8) is 0 Å². The zero-order chi connectivity index (χ0) is 12.4. The van der Waals surface area contributed by atoms with Crippen LogP contribution in [-0.4, -0.2) is 45.9 Å². The average molecular weight is 264 g/mol. The van der Waals surface area contributed by atoms with Crippen LogP contribution in [0.15, 0.2) is 0 Å². The summed E-state index contributed by atoms with van der Waals surface area (Å²) < 4.78 is 10.3. The van der Waals surface area contributed by atoms with Crippen LogP contribution in [0.5, 0.6) is 0 Å². The lowest BCUT2D eigenvalue weighted by Crippen LogP contribution is -2.38. The molecule has 4 heteroatoms. The summed E-state index contributed by atoms with van der Waals surface area (Å²) in [4.78, 5) is 0.